The van der Waals surface area contributed by atoms with Gasteiger partial charge in [-0.2, -0.15) is 0 Å². The molecule has 14 heavy (non-hydrogen) atoms. The zero-order valence-corrected chi connectivity index (χ0v) is 8.87. The molecule has 1 aromatic rings. The second-order valence-corrected chi connectivity index (χ2v) is 2.23. The van der Waals surface area contributed by atoms with Crippen molar-refractivity contribution in [2.24, 2.45) is 0 Å². The van der Waals surface area contributed by atoms with Gasteiger partial charge in [0.05, 0.1) is 17.6 Å². The van der Waals surface area contributed by atoms with Crippen molar-refractivity contribution in [2.75, 3.05) is 0 Å². The summed E-state index contributed by atoms with van der Waals surface area (Å²) in [6, 6.07) is 0. The molecule has 3 nitrogen and oxygen atoms in total. The minimum atomic E-state index is -0.159. The molecule has 1 aromatic heterocycles. The fourth-order valence-electron chi connectivity index (χ4n) is 0.912. The molecule has 0 aliphatic heterocycles. The molecule has 0 spiro atoms. The molecule has 1 heterocycles. The number of aromatic nitrogens is 2. The summed E-state index contributed by atoms with van der Waals surface area (Å²) >= 11 is 0. The van der Waals surface area contributed by atoms with Crippen LogP contribution in [0.3, 0.4) is 0 Å². The highest BCUT2D eigenvalue weighted by Crippen LogP contribution is 2.02. The smallest absolute Gasteiger partial charge is 0.258 e. The molecule has 1 rings (SSSR count). The molecule has 3 heteroatoms. The maximum absolute atomic E-state index is 11.1. The second kappa shape index (κ2) is 6.83. The van der Waals surface area contributed by atoms with Crippen LogP contribution in [-0.2, 0) is 0 Å². The molecule has 0 atom stereocenters. The van der Waals surface area contributed by atoms with Gasteiger partial charge in [-0.05, 0) is 13.0 Å². The summed E-state index contributed by atoms with van der Waals surface area (Å²) in [5.41, 5.74) is 1.000. The lowest BCUT2D eigenvalue weighted by Crippen LogP contribution is -2.11. The maximum Gasteiger partial charge on any atom is 0.258 e. The lowest BCUT2D eigenvalue weighted by Gasteiger charge is -1.95. The number of hydrogen-bond acceptors (Lipinski definition) is 2. The third kappa shape index (κ3) is 3.01. The molecule has 0 aromatic carbocycles. The SMILES string of the molecule is C=Cc1c(/C=C\C)nc[nH]c1=O.CC. The number of rotatable bonds is 2. The van der Waals surface area contributed by atoms with Crippen LogP contribution in [0, 0.1) is 0 Å². The van der Waals surface area contributed by atoms with Crippen molar-refractivity contribution >= 4 is 12.2 Å². The molecular weight excluding hydrogens is 176 g/mol. The van der Waals surface area contributed by atoms with Gasteiger partial charge in [0, 0.05) is 0 Å². The molecule has 0 amide bonds. The highest BCUT2D eigenvalue weighted by molar-refractivity contribution is 5.59. The summed E-state index contributed by atoms with van der Waals surface area (Å²) in [6.45, 7) is 9.41. The van der Waals surface area contributed by atoms with Gasteiger partial charge in [-0.3, -0.25) is 4.79 Å². The lowest BCUT2D eigenvalue weighted by molar-refractivity contribution is 1.09. The Kier molecular flexibility index (Phi) is 6.03. The first-order valence-corrected chi connectivity index (χ1v) is 4.62. The molecule has 0 bridgehead atoms. The van der Waals surface area contributed by atoms with E-state index in [1.165, 1.54) is 12.4 Å². The minimum absolute atomic E-state index is 0.159. The van der Waals surface area contributed by atoms with Crippen molar-refractivity contribution in [1.29, 1.82) is 0 Å². The average molecular weight is 192 g/mol. The van der Waals surface area contributed by atoms with Crippen molar-refractivity contribution in [2.45, 2.75) is 20.8 Å². The van der Waals surface area contributed by atoms with Crippen molar-refractivity contribution in [1.82, 2.24) is 9.97 Å². The van der Waals surface area contributed by atoms with Crippen LogP contribution in [0.2, 0.25) is 0 Å². The van der Waals surface area contributed by atoms with Crippen LogP contribution in [0.15, 0.2) is 23.8 Å². The molecule has 0 aliphatic carbocycles. The van der Waals surface area contributed by atoms with Crippen molar-refractivity contribution in [3.05, 3.63) is 40.6 Å². The number of nitrogens with one attached hydrogen (secondary N) is 1. The summed E-state index contributed by atoms with van der Waals surface area (Å²) in [7, 11) is 0. The van der Waals surface area contributed by atoms with Crippen LogP contribution in [0.1, 0.15) is 32.0 Å². The third-order valence-corrected chi connectivity index (χ3v) is 1.45. The van der Waals surface area contributed by atoms with Gasteiger partial charge in [-0.25, -0.2) is 4.98 Å². The zero-order chi connectivity index (χ0) is 11.0. The van der Waals surface area contributed by atoms with E-state index in [4.69, 9.17) is 0 Å². The number of allylic oxidation sites excluding steroid dienone is 1. The zero-order valence-electron chi connectivity index (χ0n) is 8.87. The Hall–Kier alpha value is -1.64. The summed E-state index contributed by atoms with van der Waals surface area (Å²) in [6.07, 6.45) is 6.48. The van der Waals surface area contributed by atoms with Crippen LogP contribution < -0.4 is 5.56 Å². The minimum Gasteiger partial charge on any atom is -0.313 e. The van der Waals surface area contributed by atoms with Crippen LogP contribution in [0.25, 0.3) is 12.2 Å². The number of aromatic amines is 1. The van der Waals surface area contributed by atoms with Crippen molar-refractivity contribution in [3.8, 4) is 0 Å². The van der Waals surface area contributed by atoms with E-state index in [2.05, 4.69) is 16.5 Å². The predicted molar refractivity (Wildman–Crippen MR) is 61.0 cm³/mol. The van der Waals surface area contributed by atoms with E-state index in [1.54, 1.807) is 6.08 Å². The van der Waals surface area contributed by atoms with Crippen LogP contribution in [0.5, 0.6) is 0 Å². The Morgan fingerprint density at radius 3 is 2.64 bits per heavy atom. The molecule has 0 radical (unpaired) electrons. The first-order chi connectivity index (χ1) is 6.79. The molecule has 0 saturated heterocycles. The monoisotopic (exact) mass is 192 g/mol. The van der Waals surface area contributed by atoms with Crippen LogP contribution >= 0.6 is 0 Å². The third-order valence-electron chi connectivity index (χ3n) is 1.45. The fraction of sp³-hybridized carbons (Fsp3) is 0.273. The topological polar surface area (TPSA) is 45.8 Å². The number of nitrogens with zero attached hydrogens (tertiary/aromatic N) is 1. The Labute approximate surface area is 84.2 Å². The molecule has 76 valence electrons. The average Bonchev–Trinajstić information content (AvgIpc) is 2.22. The van der Waals surface area contributed by atoms with Gasteiger partial charge >= 0.3 is 0 Å². The van der Waals surface area contributed by atoms with Gasteiger partial charge in [0.25, 0.3) is 5.56 Å². The van der Waals surface area contributed by atoms with Crippen LogP contribution in [-0.4, -0.2) is 9.97 Å². The van der Waals surface area contributed by atoms with Gasteiger partial charge in [0.15, 0.2) is 0 Å². The molecule has 0 saturated carbocycles. The summed E-state index contributed by atoms with van der Waals surface area (Å²) in [5, 5.41) is 0. The molecule has 0 fully saturated rings. The van der Waals surface area contributed by atoms with Gasteiger partial charge in [-0.1, -0.05) is 32.6 Å². The van der Waals surface area contributed by atoms with E-state index < -0.39 is 0 Å². The first-order valence-electron chi connectivity index (χ1n) is 4.62. The summed E-state index contributed by atoms with van der Waals surface area (Å²) in [4.78, 5) is 17.6. The number of H-pyrrole nitrogens is 1. The number of hydrogen-bond donors (Lipinski definition) is 1. The lowest BCUT2D eigenvalue weighted by atomic mass is 10.2. The maximum atomic E-state index is 11.1. The predicted octanol–water partition coefficient (Wildman–Crippen LogP) is 2.47. The Balaban J connectivity index is 0.000000791. The van der Waals surface area contributed by atoms with Crippen LogP contribution in [0.4, 0.5) is 0 Å². The normalized spacial score (nSPS) is 9.36. The van der Waals surface area contributed by atoms with E-state index in [-0.39, 0.29) is 5.56 Å². The highest BCUT2D eigenvalue weighted by Gasteiger charge is 1.99. The Morgan fingerprint density at radius 1 is 1.50 bits per heavy atom. The van der Waals surface area contributed by atoms with Gasteiger partial charge in [0.1, 0.15) is 0 Å². The first kappa shape index (κ1) is 12.4. The molecule has 1 N–H and O–H groups in total. The van der Waals surface area contributed by atoms with Crippen molar-refractivity contribution in [3.63, 3.8) is 0 Å². The fourth-order valence-corrected chi connectivity index (χ4v) is 0.912. The van der Waals surface area contributed by atoms with Gasteiger partial charge in [-0.15, -0.1) is 0 Å². The molecule has 0 unspecified atom stereocenters. The Morgan fingerprint density at radius 2 is 2.14 bits per heavy atom. The summed E-state index contributed by atoms with van der Waals surface area (Å²) in [5.74, 6) is 0. The van der Waals surface area contributed by atoms with E-state index in [0.29, 0.717) is 11.3 Å². The van der Waals surface area contributed by atoms with E-state index >= 15 is 0 Å². The van der Waals surface area contributed by atoms with E-state index in [0.717, 1.165) is 0 Å². The molecule has 0 aliphatic rings. The Bertz CT molecular complexity index is 364. The highest BCUT2D eigenvalue weighted by atomic mass is 16.1. The van der Waals surface area contributed by atoms with Gasteiger partial charge < -0.3 is 4.98 Å². The summed E-state index contributed by atoms with van der Waals surface area (Å²) < 4.78 is 0. The quantitative estimate of drug-likeness (QED) is 0.782. The van der Waals surface area contributed by atoms with E-state index in [9.17, 15) is 4.79 Å². The standard InChI is InChI=1S/C9H10N2O.C2H6/c1-3-5-8-7(4-2)9(12)11-6-10-8;1-2/h3-6H,2H2,1H3,(H,10,11,12);1-2H3/b5-3-;. The van der Waals surface area contributed by atoms with Crippen molar-refractivity contribution < 1.29 is 0 Å². The second-order valence-electron chi connectivity index (χ2n) is 2.23. The largest absolute Gasteiger partial charge is 0.313 e. The van der Waals surface area contributed by atoms with Gasteiger partial charge in [0.2, 0.25) is 0 Å². The van der Waals surface area contributed by atoms with E-state index in [1.807, 2.05) is 26.8 Å². The molecular formula is C11H16N2O.